The predicted octanol–water partition coefficient (Wildman–Crippen LogP) is 2.39. The second kappa shape index (κ2) is 8.37. The normalized spacial score (nSPS) is 17.0. The lowest BCUT2D eigenvalue weighted by Crippen LogP contribution is -2.53. The molecule has 1 aromatic rings. The third-order valence-corrected chi connectivity index (χ3v) is 5.03. The smallest absolute Gasteiger partial charge is 0.305 e. The third-order valence-electron chi connectivity index (χ3n) is 4.78. The zero-order chi connectivity index (χ0) is 19.4. The maximum atomic E-state index is 11.4. The number of β-amino-alcohol motifs (C(OH)–C–C–N with tert-alkyl or cyclic N) is 1. The number of hydrazine groups is 1. The first kappa shape index (κ1) is 20.7. The van der Waals surface area contributed by atoms with Crippen LogP contribution >= 0.6 is 11.6 Å². The Morgan fingerprint density at radius 2 is 2.00 bits per heavy atom. The van der Waals surface area contributed by atoms with Crippen molar-refractivity contribution in [2.24, 2.45) is 5.41 Å². The number of aliphatic hydroxyl groups is 1. The quantitative estimate of drug-likeness (QED) is 0.560. The lowest BCUT2D eigenvalue weighted by molar-refractivity contribution is -0.554. The second-order valence-electron chi connectivity index (χ2n) is 7.82. The Balaban J connectivity index is 2.02. The number of benzene rings is 1. The fourth-order valence-electron chi connectivity index (χ4n) is 2.79. The van der Waals surface area contributed by atoms with Gasteiger partial charge in [-0.3, -0.25) is 4.79 Å². The summed E-state index contributed by atoms with van der Waals surface area (Å²) in [7, 11) is 0. The molecule has 1 atom stereocenters. The molecule has 2 N–H and O–H groups in total. The molecule has 1 aliphatic heterocycles. The molecule has 26 heavy (non-hydrogen) atoms. The highest BCUT2D eigenvalue weighted by Crippen LogP contribution is 2.35. The van der Waals surface area contributed by atoms with Crippen LogP contribution in [0.5, 0.6) is 0 Å². The van der Waals surface area contributed by atoms with E-state index in [9.17, 15) is 9.90 Å². The zero-order valence-corrected chi connectivity index (χ0v) is 16.7. The van der Waals surface area contributed by atoms with Crippen LogP contribution in [0.4, 0.5) is 0 Å². The van der Waals surface area contributed by atoms with Gasteiger partial charge in [-0.1, -0.05) is 44.5 Å². The highest BCUT2D eigenvalue weighted by Gasteiger charge is 2.44. The summed E-state index contributed by atoms with van der Waals surface area (Å²) in [6.45, 7) is 8.67. The van der Waals surface area contributed by atoms with Crippen molar-refractivity contribution < 1.29 is 19.2 Å². The van der Waals surface area contributed by atoms with Gasteiger partial charge in [-0.25, -0.2) is 4.58 Å². The number of aryl methyl sites for hydroxylation is 1. The number of nitrogens with one attached hydrogen (secondary N) is 1. The Morgan fingerprint density at radius 3 is 2.58 bits per heavy atom. The van der Waals surface area contributed by atoms with Crippen molar-refractivity contribution in [1.29, 1.82) is 0 Å². The molecular weight excluding hydrogens is 354 g/mol. The van der Waals surface area contributed by atoms with E-state index in [0.717, 1.165) is 12.0 Å². The number of ether oxygens (including phenoxy) is 1. The number of hydrogen-bond donors (Lipinski definition) is 2. The van der Waals surface area contributed by atoms with Crippen molar-refractivity contribution in [3.05, 3.63) is 34.9 Å². The minimum absolute atomic E-state index is 0.192. The van der Waals surface area contributed by atoms with Gasteiger partial charge in [0.15, 0.2) is 6.67 Å². The molecule has 0 bridgehead atoms. The Morgan fingerprint density at radius 1 is 1.35 bits per heavy atom. The summed E-state index contributed by atoms with van der Waals surface area (Å²) in [6.07, 6.45) is 3.21. The van der Waals surface area contributed by atoms with E-state index in [0.29, 0.717) is 24.7 Å². The van der Waals surface area contributed by atoms with E-state index in [-0.39, 0.29) is 18.1 Å². The van der Waals surface area contributed by atoms with Gasteiger partial charge in [0.2, 0.25) is 6.73 Å². The molecule has 0 fully saturated rings. The van der Waals surface area contributed by atoms with Gasteiger partial charge in [0, 0.05) is 11.9 Å². The lowest BCUT2D eigenvalue weighted by Gasteiger charge is -2.40. The molecule has 1 aliphatic rings. The first-order valence-electron chi connectivity index (χ1n) is 8.78. The minimum atomic E-state index is -0.909. The minimum Gasteiger partial charge on any atom is -0.425 e. The van der Waals surface area contributed by atoms with Gasteiger partial charge in [-0.05, 0) is 36.0 Å². The van der Waals surface area contributed by atoms with Crippen LogP contribution in [0.25, 0.3) is 0 Å². The predicted molar refractivity (Wildman–Crippen MR) is 102 cm³/mol. The molecule has 0 aliphatic carbocycles. The van der Waals surface area contributed by atoms with Gasteiger partial charge in [-0.15, -0.1) is 5.43 Å². The maximum Gasteiger partial charge on any atom is 0.305 e. The summed E-state index contributed by atoms with van der Waals surface area (Å²) in [5.41, 5.74) is 3.13. The van der Waals surface area contributed by atoms with Crippen molar-refractivity contribution in [1.82, 2.24) is 10.4 Å². The van der Waals surface area contributed by atoms with E-state index < -0.39 is 5.60 Å². The summed E-state index contributed by atoms with van der Waals surface area (Å²) in [6, 6.07) is 7.73. The lowest BCUT2D eigenvalue weighted by atomic mass is 9.73. The van der Waals surface area contributed by atoms with Crippen LogP contribution in [0, 0.1) is 5.41 Å². The van der Waals surface area contributed by atoms with Crippen LogP contribution in [-0.4, -0.2) is 52.5 Å². The van der Waals surface area contributed by atoms with E-state index in [2.05, 4.69) is 5.43 Å². The standard InChI is InChI=1S/C19H29ClN3O3/c1-15(24)26-14-22-12-21-23(13-22)11-19(25,18(2,3)4)10-9-16-5-7-17(20)8-6-16/h5-8,13,21,25H,9-12,14H2,1-4H3/q+1. The number of rotatable bonds is 7. The molecule has 7 heteroatoms. The van der Waals surface area contributed by atoms with Gasteiger partial charge in [-0.2, -0.15) is 5.01 Å². The summed E-state index contributed by atoms with van der Waals surface area (Å²) >= 11 is 5.94. The molecule has 0 aromatic heterocycles. The molecule has 1 unspecified atom stereocenters. The fraction of sp³-hybridized carbons (Fsp3) is 0.579. The van der Waals surface area contributed by atoms with Crippen LogP contribution in [0.2, 0.25) is 5.02 Å². The highest BCUT2D eigenvalue weighted by molar-refractivity contribution is 6.30. The molecule has 0 saturated carbocycles. The molecule has 1 heterocycles. The molecule has 6 nitrogen and oxygen atoms in total. The van der Waals surface area contributed by atoms with Gasteiger partial charge >= 0.3 is 5.97 Å². The van der Waals surface area contributed by atoms with Crippen molar-refractivity contribution in [3.63, 3.8) is 0 Å². The average Bonchev–Trinajstić information content (AvgIpc) is 2.98. The number of esters is 1. The molecule has 0 radical (unpaired) electrons. The number of hydrogen-bond acceptors (Lipinski definition) is 5. The van der Waals surface area contributed by atoms with Crippen LogP contribution < -0.4 is 5.43 Å². The van der Waals surface area contributed by atoms with Gasteiger partial charge in [0.1, 0.15) is 12.1 Å². The van der Waals surface area contributed by atoms with Crippen LogP contribution in [0.1, 0.15) is 39.7 Å². The Bertz CT molecular complexity index is 655. The topological polar surface area (TPSA) is 64.8 Å². The largest absolute Gasteiger partial charge is 0.425 e. The van der Waals surface area contributed by atoms with Crippen LogP contribution in [0.3, 0.4) is 0 Å². The highest BCUT2D eigenvalue weighted by atomic mass is 35.5. The van der Waals surface area contributed by atoms with Crippen LogP contribution in [-0.2, 0) is 16.0 Å². The molecular formula is C19H29ClN3O3+. The summed E-state index contributed by atoms with van der Waals surface area (Å²) in [4.78, 5) is 10.9. The van der Waals surface area contributed by atoms with Gasteiger partial charge in [0.25, 0.3) is 6.34 Å². The molecule has 0 amide bonds. The van der Waals surface area contributed by atoms with Crippen molar-refractivity contribution in [2.75, 3.05) is 19.9 Å². The first-order chi connectivity index (χ1) is 12.1. The molecule has 0 saturated heterocycles. The number of nitrogens with zero attached hydrogens (tertiary/aromatic N) is 2. The van der Waals surface area contributed by atoms with Crippen LogP contribution in [0.15, 0.2) is 24.3 Å². The monoisotopic (exact) mass is 382 g/mol. The summed E-state index contributed by atoms with van der Waals surface area (Å²) in [5, 5.41) is 14.0. The molecule has 1 aromatic carbocycles. The van der Waals surface area contributed by atoms with E-state index in [4.69, 9.17) is 16.3 Å². The Hall–Kier alpha value is -1.63. The summed E-state index contributed by atoms with van der Waals surface area (Å²) < 4.78 is 6.84. The first-order valence-corrected chi connectivity index (χ1v) is 9.16. The van der Waals surface area contributed by atoms with Crippen molar-refractivity contribution in [2.45, 2.75) is 46.1 Å². The van der Waals surface area contributed by atoms with Crippen molar-refractivity contribution in [3.8, 4) is 0 Å². The summed E-state index contributed by atoms with van der Waals surface area (Å²) in [5.74, 6) is -0.314. The number of carbonyl (C=O) groups is 1. The SMILES string of the molecule is CC(=O)OC[N+]1=CN(CC(O)(CCc2ccc(Cl)cc2)C(C)(C)C)NC1. The van der Waals surface area contributed by atoms with E-state index in [1.807, 2.05) is 61.0 Å². The molecule has 0 spiro atoms. The second-order valence-corrected chi connectivity index (χ2v) is 8.26. The molecule has 2 rings (SSSR count). The number of carbonyl (C=O) groups excluding carboxylic acids is 1. The fourth-order valence-corrected chi connectivity index (χ4v) is 2.91. The van der Waals surface area contributed by atoms with E-state index in [1.54, 1.807) is 0 Å². The van der Waals surface area contributed by atoms with Gasteiger partial charge in [0.05, 0.1) is 0 Å². The Labute approximate surface area is 160 Å². The van der Waals surface area contributed by atoms with E-state index >= 15 is 0 Å². The van der Waals surface area contributed by atoms with Crippen molar-refractivity contribution >= 4 is 23.9 Å². The molecule has 144 valence electrons. The average molecular weight is 383 g/mol. The maximum absolute atomic E-state index is 11.4. The Kier molecular flexibility index (Phi) is 6.66. The van der Waals surface area contributed by atoms with Gasteiger partial charge < -0.3 is 9.84 Å². The third kappa shape index (κ3) is 5.69. The van der Waals surface area contributed by atoms with E-state index in [1.165, 1.54) is 6.92 Å². The zero-order valence-electron chi connectivity index (χ0n) is 16.0. The number of halogens is 1.